The zero-order valence-corrected chi connectivity index (χ0v) is 15.1. The fraction of sp³-hybridized carbons (Fsp3) is 0.421. The summed E-state index contributed by atoms with van der Waals surface area (Å²) < 4.78 is 16.1. The molecule has 138 valence electrons. The number of nitrogens with zero attached hydrogens (tertiary/aromatic N) is 3. The van der Waals surface area contributed by atoms with Crippen molar-refractivity contribution in [2.24, 2.45) is 0 Å². The zero-order valence-electron chi connectivity index (χ0n) is 15.1. The maximum atomic E-state index is 12.6. The van der Waals surface area contributed by atoms with Crippen molar-refractivity contribution in [1.29, 1.82) is 0 Å². The minimum Gasteiger partial charge on any atom is -0.497 e. The second-order valence-electron chi connectivity index (χ2n) is 6.15. The van der Waals surface area contributed by atoms with Crippen LogP contribution >= 0.6 is 0 Å². The van der Waals surface area contributed by atoms with Crippen LogP contribution in [0.4, 0.5) is 0 Å². The lowest BCUT2D eigenvalue weighted by Gasteiger charge is -2.32. The molecule has 3 rings (SSSR count). The van der Waals surface area contributed by atoms with E-state index >= 15 is 0 Å². The lowest BCUT2D eigenvalue weighted by molar-refractivity contribution is -0.133. The number of piperidine rings is 1. The fourth-order valence-electron chi connectivity index (χ4n) is 2.95. The normalized spacial score (nSPS) is 16.8. The van der Waals surface area contributed by atoms with E-state index in [1.807, 2.05) is 29.2 Å². The molecule has 1 aliphatic heterocycles. The average molecular weight is 357 g/mol. The van der Waals surface area contributed by atoms with Crippen LogP contribution in [-0.4, -0.2) is 54.2 Å². The molecule has 1 unspecified atom stereocenters. The Morgan fingerprint density at radius 3 is 2.65 bits per heavy atom. The van der Waals surface area contributed by atoms with Gasteiger partial charge >= 0.3 is 0 Å². The van der Waals surface area contributed by atoms with Gasteiger partial charge in [0.25, 0.3) is 0 Å². The molecule has 1 aromatic heterocycles. The number of methoxy groups -OCH3 is 2. The summed E-state index contributed by atoms with van der Waals surface area (Å²) in [6, 6.07) is 7.57. The number of rotatable bonds is 6. The minimum atomic E-state index is -0.0926. The first kappa shape index (κ1) is 18.0. The lowest BCUT2D eigenvalue weighted by atomic mass is 10.1. The summed E-state index contributed by atoms with van der Waals surface area (Å²) in [4.78, 5) is 22.7. The zero-order chi connectivity index (χ0) is 18.4. The van der Waals surface area contributed by atoms with E-state index in [2.05, 4.69) is 9.97 Å². The average Bonchev–Trinajstić information content (AvgIpc) is 2.69. The second kappa shape index (κ2) is 8.51. The Kier molecular flexibility index (Phi) is 5.88. The van der Waals surface area contributed by atoms with E-state index in [-0.39, 0.29) is 12.0 Å². The number of carbonyl (C=O) groups is 1. The SMILES string of the molecule is COc1ccc(CC(=O)N2CCCC(Oc3cncc(OC)n3)C2)cc1. The van der Waals surface area contributed by atoms with Crippen molar-refractivity contribution in [1.82, 2.24) is 14.9 Å². The Morgan fingerprint density at radius 1 is 1.15 bits per heavy atom. The molecule has 0 saturated carbocycles. The Hall–Kier alpha value is -2.83. The van der Waals surface area contributed by atoms with Gasteiger partial charge in [-0.15, -0.1) is 0 Å². The number of aromatic nitrogens is 2. The molecule has 7 nitrogen and oxygen atoms in total. The van der Waals surface area contributed by atoms with E-state index in [1.165, 1.54) is 13.3 Å². The molecule has 0 spiro atoms. The van der Waals surface area contributed by atoms with Crippen molar-refractivity contribution >= 4 is 5.91 Å². The van der Waals surface area contributed by atoms with Gasteiger partial charge in [-0.05, 0) is 30.5 Å². The lowest BCUT2D eigenvalue weighted by Crippen LogP contribution is -2.45. The Labute approximate surface area is 152 Å². The van der Waals surface area contributed by atoms with Crippen molar-refractivity contribution in [3.63, 3.8) is 0 Å². The second-order valence-corrected chi connectivity index (χ2v) is 6.15. The van der Waals surface area contributed by atoms with Gasteiger partial charge in [0, 0.05) is 6.54 Å². The van der Waals surface area contributed by atoms with Crippen molar-refractivity contribution in [2.45, 2.75) is 25.4 Å². The number of amides is 1. The molecule has 2 aromatic rings. The topological polar surface area (TPSA) is 73.8 Å². The molecule has 0 N–H and O–H groups in total. The highest BCUT2D eigenvalue weighted by molar-refractivity contribution is 5.79. The molecule has 1 amide bonds. The van der Waals surface area contributed by atoms with E-state index in [9.17, 15) is 4.79 Å². The van der Waals surface area contributed by atoms with Crippen molar-refractivity contribution < 1.29 is 19.0 Å². The monoisotopic (exact) mass is 357 g/mol. The smallest absolute Gasteiger partial charge is 0.235 e. The van der Waals surface area contributed by atoms with Crippen LogP contribution in [0, 0.1) is 0 Å². The Balaban J connectivity index is 1.57. The summed E-state index contributed by atoms with van der Waals surface area (Å²) in [5.74, 6) is 1.71. The van der Waals surface area contributed by atoms with E-state index in [0.717, 1.165) is 30.7 Å². The van der Waals surface area contributed by atoms with Gasteiger partial charge in [0.1, 0.15) is 11.9 Å². The number of ether oxygens (including phenoxy) is 3. The third kappa shape index (κ3) is 4.62. The van der Waals surface area contributed by atoms with Crippen molar-refractivity contribution in [2.75, 3.05) is 27.3 Å². The van der Waals surface area contributed by atoms with E-state index in [4.69, 9.17) is 14.2 Å². The molecule has 1 aromatic carbocycles. The number of carbonyl (C=O) groups excluding carboxylic acids is 1. The molecule has 0 aliphatic carbocycles. The fourth-order valence-corrected chi connectivity index (χ4v) is 2.95. The molecule has 0 radical (unpaired) electrons. The van der Waals surface area contributed by atoms with Crippen LogP contribution in [0.15, 0.2) is 36.7 Å². The number of hydrogen-bond donors (Lipinski definition) is 0. The molecule has 1 fully saturated rings. The van der Waals surface area contributed by atoms with Crippen LogP contribution in [-0.2, 0) is 11.2 Å². The van der Waals surface area contributed by atoms with Crippen molar-refractivity contribution in [3.05, 3.63) is 42.2 Å². The van der Waals surface area contributed by atoms with Gasteiger partial charge < -0.3 is 19.1 Å². The van der Waals surface area contributed by atoms with Gasteiger partial charge in [0.2, 0.25) is 17.7 Å². The predicted molar refractivity (Wildman–Crippen MR) is 95.5 cm³/mol. The Morgan fingerprint density at radius 2 is 1.92 bits per heavy atom. The molecule has 26 heavy (non-hydrogen) atoms. The summed E-state index contributed by atoms with van der Waals surface area (Å²) in [6.45, 7) is 1.30. The first-order valence-corrected chi connectivity index (χ1v) is 8.61. The molecule has 1 saturated heterocycles. The van der Waals surface area contributed by atoms with Crippen LogP contribution in [0.1, 0.15) is 18.4 Å². The first-order valence-electron chi connectivity index (χ1n) is 8.61. The largest absolute Gasteiger partial charge is 0.497 e. The predicted octanol–water partition coefficient (Wildman–Crippen LogP) is 2.11. The maximum Gasteiger partial charge on any atom is 0.235 e. The minimum absolute atomic E-state index is 0.0926. The summed E-state index contributed by atoms with van der Waals surface area (Å²) in [5.41, 5.74) is 0.970. The van der Waals surface area contributed by atoms with Crippen LogP contribution < -0.4 is 14.2 Å². The Bertz CT molecular complexity index is 736. The van der Waals surface area contributed by atoms with Crippen LogP contribution in [0.3, 0.4) is 0 Å². The first-order chi connectivity index (χ1) is 12.7. The van der Waals surface area contributed by atoms with Crippen molar-refractivity contribution in [3.8, 4) is 17.5 Å². The quantitative estimate of drug-likeness (QED) is 0.788. The van der Waals surface area contributed by atoms with E-state index in [0.29, 0.717) is 24.7 Å². The third-order valence-electron chi connectivity index (χ3n) is 4.33. The molecule has 2 heterocycles. The van der Waals surface area contributed by atoms with Crippen LogP contribution in [0.2, 0.25) is 0 Å². The highest BCUT2D eigenvalue weighted by Crippen LogP contribution is 2.19. The molecule has 0 bridgehead atoms. The molecule has 1 atom stereocenters. The molecular formula is C19H23N3O4. The summed E-state index contributed by atoms with van der Waals surface area (Å²) in [7, 11) is 3.16. The number of hydrogen-bond acceptors (Lipinski definition) is 6. The van der Waals surface area contributed by atoms with Gasteiger partial charge in [0.05, 0.1) is 39.6 Å². The van der Waals surface area contributed by atoms with Gasteiger partial charge in [-0.25, -0.2) is 0 Å². The molecule has 1 aliphatic rings. The number of benzene rings is 1. The standard InChI is InChI=1S/C19H23N3O4/c1-24-15-7-5-14(6-8-15)10-19(23)22-9-3-4-16(13-22)26-18-12-20-11-17(21-18)25-2/h5-8,11-12,16H,3-4,9-10,13H2,1-2H3. The summed E-state index contributed by atoms with van der Waals surface area (Å²) >= 11 is 0. The van der Waals surface area contributed by atoms with Gasteiger partial charge in [0.15, 0.2) is 0 Å². The van der Waals surface area contributed by atoms with Gasteiger partial charge in [-0.2, -0.15) is 4.98 Å². The van der Waals surface area contributed by atoms with Gasteiger partial charge in [-0.3, -0.25) is 9.78 Å². The highest BCUT2D eigenvalue weighted by atomic mass is 16.5. The molecular weight excluding hydrogens is 334 g/mol. The summed E-state index contributed by atoms with van der Waals surface area (Å²) in [6.07, 6.45) is 5.14. The number of likely N-dealkylation sites (tertiary alicyclic amines) is 1. The van der Waals surface area contributed by atoms with Crippen LogP contribution in [0.25, 0.3) is 0 Å². The highest BCUT2D eigenvalue weighted by Gasteiger charge is 2.25. The van der Waals surface area contributed by atoms with E-state index < -0.39 is 0 Å². The molecule has 7 heteroatoms. The van der Waals surface area contributed by atoms with Crippen LogP contribution in [0.5, 0.6) is 17.5 Å². The summed E-state index contributed by atoms with van der Waals surface area (Å²) in [5, 5.41) is 0. The third-order valence-corrected chi connectivity index (χ3v) is 4.33. The van der Waals surface area contributed by atoms with E-state index in [1.54, 1.807) is 13.3 Å². The maximum absolute atomic E-state index is 12.6. The van der Waals surface area contributed by atoms with Gasteiger partial charge in [-0.1, -0.05) is 12.1 Å².